The van der Waals surface area contributed by atoms with E-state index in [2.05, 4.69) is 79.1 Å². The van der Waals surface area contributed by atoms with Crippen LogP contribution in [0.15, 0.2) is 60.7 Å². The zero-order valence-corrected chi connectivity index (χ0v) is 15.0. The summed E-state index contributed by atoms with van der Waals surface area (Å²) in [6.07, 6.45) is 1.39. The molecule has 2 saturated heterocycles. The van der Waals surface area contributed by atoms with Crippen LogP contribution < -0.4 is 0 Å². The minimum Gasteiger partial charge on any atom is -0.447 e. The average Bonchev–Trinajstić information content (AvgIpc) is 3.08. The lowest BCUT2D eigenvalue weighted by Crippen LogP contribution is -2.47. The normalized spacial score (nSPS) is 25.7. The molecule has 2 aromatic carbocycles. The number of rotatable bonds is 2. The van der Waals surface area contributed by atoms with E-state index in [-0.39, 0.29) is 17.6 Å². The molecular formula is C22H26NO2+. The maximum atomic E-state index is 6.30. The molecule has 130 valence electrons. The molecule has 4 rings (SSSR count). The fourth-order valence-electron chi connectivity index (χ4n) is 4.38. The first kappa shape index (κ1) is 16.3. The summed E-state index contributed by atoms with van der Waals surface area (Å²) >= 11 is 0. The Labute approximate surface area is 149 Å². The van der Waals surface area contributed by atoms with Crippen molar-refractivity contribution in [1.82, 2.24) is 0 Å². The molecule has 0 aromatic heterocycles. The predicted octanol–water partition coefficient (Wildman–Crippen LogP) is 3.61. The lowest BCUT2D eigenvalue weighted by atomic mass is 9.73. The molecule has 3 heteroatoms. The summed E-state index contributed by atoms with van der Waals surface area (Å²) in [7, 11) is 0. The second-order valence-electron chi connectivity index (χ2n) is 7.20. The molecule has 2 unspecified atom stereocenters. The van der Waals surface area contributed by atoms with Crippen molar-refractivity contribution in [1.29, 1.82) is 0 Å². The molecule has 2 heterocycles. The number of hydrogen-bond acceptors (Lipinski definition) is 2. The highest BCUT2D eigenvalue weighted by molar-refractivity contribution is 5.90. The van der Waals surface area contributed by atoms with Crippen LogP contribution in [0.2, 0.25) is 0 Å². The van der Waals surface area contributed by atoms with Crippen molar-refractivity contribution in [2.75, 3.05) is 19.7 Å². The van der Waals surface area contributed by atoms with Gasteiger partial charge in [-0.1, -0.05) is 60.7 Å². The van der Waals surface area contributed by atoms with Crippen molar-refractivity contribution in [3.63, 3.8) is 0 Å². The Morgan fingerprint density at radius 3 is 1.88 bits per heavy atom. The van der Waals surface area contributed by atoms with E-state index in [1.807, 2.05) is 0 Å². The Balaban J connectivity index is 1.91. The molecule has 0 spiro atoms. The van der Waals surface area contributed by atoms with E-state index < -0.39 is 0 Å². The van der Waals surface area contributed by atoms with Gasteiger partial charge in [-0.05, 0) is 25.0 Å². The minimum absolute atomic E-state index is 0.209. The van der Waals surface area contributed by atoms with Crippen LogP contribution >= 0.6 is 0 Å². The Bertz CT molecular complexity index is 703. The highest BCUT2D eigenvalue weighted by Gasteiger charge is 2.52. The molecule has 2 aliphatic rings. The molecule has 2 aliphatic heterocycles. The second kappa shape index (κ2) is 6.64. The first-order valence-corrected chi connectivity index (χ1v) is 9.22. The molecule has 2 atom stereocenters. The van der Waals surface area contributed by atoms with Gasteiger partial charge in [-0.25, -0.2) is 0 Å². The van der Waals surface area contributed by atoms with E-state index in [9.17, 15) is 0 Å². The van der Waals surface area contributed by atoms with Crippen LogP contribution in [-0.4, -0.2) is 42.4 Å². The third-order valence-electron chi connectivity index (χ3n) is 5.32. The van der Waals surface area contributed by atoms with E-state index in [1.165, 1.54) is 11.1 Å². The largest absolute Gasteiger partial charge is 0.447 e. The highest BCUT2D eigenvalue weighted by Crippen LogP contribution is 2.41. The van der Waals surface area contributed by atoms with Crippen LogP contribution in [0.25, 0.3) is 0 Å². The first-order valence-electron chi connectivity index (χ1n) is 9.22. The van der Waals surface area contributed by atoms with Gasteiger partial charge in [0.15, 0.2) is 13.1 Å². The summed E-state index contributed by atoms with van der Waals surface area (Å²) in [5.74, 6) is 1.09. The fourth-order valence-corrected chi connectivity index (χ4v) is 4.38. The van der Waals surface area contributed by atoms with Crippen LogP contribution in [-0.2, 0) is 14.9 Å². The molecule has 0 radical (unpaired) electrons. The molecule has 0 aliphatic carbocycles. The summed E-state index contributed by atoms with van der Waals surface area (Å²) in [6, 6.07) is 21.6. The summed E-state index contributed by atoms with van der Waals surface area (Å²) in [5.41, 5.74) is 2.40. The SMILES string of the molecule is CC1C[N+](=C2OCCC2(c2ccccc2)c2ccccc2)CC(C)O1. The number of benzene rings is 2. The Hall–Kier alpha value is -2.13. The third-order valence-corrected chi connectivity index (χ3v) is 5.32. The summed E-state index contributed by atoms with van der Waals surface area (Å²) in [4.78, 5) is 0. The number of nitrogens with zero attached hydrogens (tertiary/aromatic N) is 1. The molecule has 3 nitrogen and oxygen atoms in total. The molecule has 2 aromatic rings. The van der Waals surface area contributed by atoms with E-state index in [4.69, 9.17) is 9.47 Å². The number of morpholine rings is 1. The van der Waals surface area contributed by atoms with Gasteiger partial charge in [-0.3, -0.25) is 0 Å². The molecule has 0 N–H and O–H groups in total. The van der Waals surface area contributed by atoms with Gasteiger partial charge in [0.05, 0.1) is 6.61 Å². The standard InChI is InChI=1S/C22H26NO2/c1-17-15-23(16-18(2)25-17)21-22(13-14-24-21,19-9-5-3-6-10-19)20-11-7-4-8-12-20/h3-12,17-18H,13-16H2,1-2H3/q+1. The van der Waals surface area contributed by atoms with E-state index in [0.29, 0.717) is 0 Å². The molecule has 0 amide bonds. The predicted molar refractivity (Wildman–Crippen MR) is 99.2 cm³/mol. The second-order valence-corrected chi connectivity index (χ2v) is 7.20. The maximum Gasteiger partial charge on any atom is 0.352 e. The minimum atomic E-state index is -0.209. The van der Waals surface area contributed by atoms with Gasteiger partial charge in [-0.15, -0.1) is 0 Å². The topological polar surface area (TPSA) is 21.5 Å². The number of hydrogen-bond donors (Lipinski definition) is 0. The smallest absolute Gasteiger partial charge is 0.352 e. The number of ether oxygens (including phenoxy) is 2. The fraction of sp³-hybridized carbons (Fsp3) is 0.409. The molecule has 0 bridgehead atoms. The maximum absolute atomic E-state index is 6.30. The Morgan fingerprint density at radius 2 is 1.36 bits per heavy atom. The summed E-state index contributed by atoms with van der Waals surface area (Å²) in [5, 5.41) is 0. The lowest BCUT2D eigenvalue weighted by Gasteiger charge is -2.30. The van der Waals surface area contributed by atoms with Crippen LogP contribution in [0.5, 0.6) is 0 Å². The lowest BCUT2D eigenvalue weighted by molar-refractivity contribution is -0.574. The van der Waals surface area contributed by atoms with Gasteiger partial charge in [0.25, 0.3) is 0 Å². The summed E-state index contributed by atoms with van der Waals surface area (Å²) in [6.45, 7) is 6.79. The molecule has 2 fully saturated rings. The van der Waals surface area contributed by atoms with Gasteiger partial charge in [-0.2, -0.15) is 4.58 Å². The van der Waals surface area contributed by atoms with Crippen LogP contribution in [0.4, 0.5) is 0 Å². The van der Waals surface area contributed by atoms with Crippen molar-refractivity contribution in [3.8, 4) is 0 Å². The van der Waals surface area contributed by atoms with Crippen molar-refractivity contribution >= 4 is 5.90 Å². The molecule has 0 saturated carbocycles. The zero-order valence-electron chi connectivity index (χ0n) is 15.0. The third kappa shape index (κ3) is 2.87. The Kier molecular flexibility index (Phi) is 4.34. The molecule has 25 heavy (non-hydrogen) atoms. The van der Waals surface area contributed by atoms with Crippen LogP contribution in [0.1, 0.15) is 31.4 Å². The van der Waals surface area contributed by atoms with Crippen molar-refractivity contribution < 1.29 is 14.0 Å². The first-order chi connectivity index (χ1) is 12.2. The van der Waals surface area contributed by atoms with Crippen LogP contribution in [0.3, 0.4) is 0 Å². The van der Waals surface area contributed by atoms with Crippen molar-refractivity contribution in [2.45, 2.75) is 37.9 Å². The van der Waals surface area contributed by atoms with Gasteiger partial charge in [0.1, 0.15) is 17.6 Å². The van der Waals surface area contributed by atoms with E-state index in [0.717, 1.165) is 32.0 Å². The highest BCUT2D eigenvalue weighted by atomic mass is 16.5. The van der Waals surface area contributed by atoms with Gasteiger partial charge < -0.3 is 9.47 Å². The van der Waals surface area contributed by atoms with Crippen molar-refractivity contribution in [3.05, 3.63) is 71.8 Å². The monoisotopic (exact) mass is 336 g/mol. The van der Waals surface area contributed by atoms with Gasteiger partial charge >= 0.3 is 5.90 Å². The van der Waals surface area contributed by atoms with Gasteiger partial charge in [0.2, 0.25) is 0 Å². The van der Waals surface area contributed by atoms with Crippen LogP contribution in [0, 0.1) is 0 Å². The quantitative estimate of drug-likeness (QED) is 0.782. The summed E-state index contributed by atoms with van der Waals surface area (Å²) < 4.78 is 14.7. The van der Waals surface area contributed by atoms with Crippen molar-refractivity contribution in [2.24, 2.45) is 0 Å². The average molecular weight is 336 g/mol. The zero-order chi connectivity index (χ0) is 17.3. The van der Waals surface area contributed by atoms with Gasteiger partial charge in [0, 0.05) is 6.42 Å². The van der Waals surface area contributed by atoms with E-state index >= 15 is 0 Å². The Morgan fingerprint density at radius 1 is 0.840 bits per heavy atom. The molecular weight excluding hydrogens is 310 g/mol. The van der Waals surface area contributed by atoms with E-state index in [1.54, 1.807) is 0 Å².